The number of hydrogen-bond acceptors (Lipinski definition) is 4. The maximum absolute atomic E-state index is 11.8. The first-order valence-corrected chi connectivity index (χ1v) is 8.64. The zero-order chi connectivity index (χ0) is 15.9. The summed E-state index contributed by atoms with van der Waals surface area (Å²) in [6, 6.07) is 17.2. The third-order valence-electron chi connectivity index (χ3n) is 3.45. The second-order valence-corrected chi connectivity index (χ2v) is 6.33. The summed E-state index contributed by atoms with van der Waals surface area (Å²) < 4.78 is 11.0. The van der Waals surface area contributed by atoms with Gasteiger partial charge in [-0.3, -0.25) is 4.79 Å². The Balaban J connectivity index is 1.44. The van der Waals surface area contributed by atoms with Crippen molar-refractivity contribution in [2.75, 3.05) is 12.4 Å². The lowest BCUT2D eigenvalue weighted by Gasteiger charge is -2.07. The summed E-state index contributed by atoms with van der Waals surface area (Å²) in [6.45, 7) is 0.652. The highest BCUT2D eigenvalue weighted by atomic mass is 32.2. The topological polar surface area (TPSA) is 39.4 Å². The molecule has 0 amide bonds. The molecule has 0 bridgehead atoms. The quantitative estimate of drug-likeness (QED) is 0.464. The molecule has 0 saturated carbocycles. The largest absolute Gasteiger partial charge is 0.494 e. The normalized spacial score (nSPS) is 10.8. The van der Waals surface area contributed by atoms with Crippen LogP contribution in [0.4, 0.5) is 0 Å². The lowest BCUT2D eigenvalue weighted by Crippen LogP contribution is -2.01. The molecule has 0 atom stereocenters. The molecule has 0 unspecified atom stereocenters. The average Bonchev–Trinajstić information content (AvgIpc) is 2.59. The molecule has 4 heteroatoms. The van der Waals surface area contributed by atoms with Crippen LogP contribution >= 0.6 is 11.8 Å². The molecule has 0 saturated heterocycles. The molecule has 3 aromatic rings. The van der Waals surface area contributed by atoms with Crippen LogP contribution in [0.5, 0.6) is 5.75 Å². The van der Waals surface area contributed by atoms with Gasteiger partial charge in [-0.05, 0) is 48.9 Å². The van der Waals surface area contributed by atoms with Gasteiger partial charge in [0.25, 0.3) is 0 Å². The number of hydrogen-bond donors (Lipinski definition) is 0. The van der Waals surface area contributed by atoms with E-state index in [2.05, 4.69) is 24.3 Å². The molecule has 0 spiro atoms. The van der Waals surface area contributed by atoms with Crippen molar-refractivity contribution in [3.8, 4) is 5.75 Å². The van der Waals surface area contributed by atoms with E-state index < -0.39 is 0 Å². The average molecular weight is 326 g/mol. The summed E-state index contributed by atoms with van der Waals surface area (Å²) in [5, 5.41) is 0.560. The third-order valence-corrected chi connectivity index (χ3v) is 4.55. The molecule has 0 aliphatic rings. The van der Waals surface area contributed by atoms with Crippen molar-refractivity contribution in [3.05, 3.63) is 71.1 Å². The number of rotatable bonds is 7. The molecular formula is C19H18O3S. The lowest BCUT2D eigenvalue weighted by molar-refractivity contribution is 0.310. The Labute approximate surface area is 139 Å². The molecule has 1 aromatic heterocycles. The van der Waals surface area contributed by atoms with Gasteiger partial charge in [0.15, 0.2) is 5.43 Å². The first kappa shape index (κ1) is 15.7. The maximum Gasteiger partial charge on any atom is 0.192 e. The Morgan fingerprint density at radius 1 is 1.00 bits per heavy atom. The third kappa shape index (κ3) is 4.39. The van der Waals surface area contributed by atoms with Crippen LogP contribution in [0.25, 0.3) is 11.0 Å². The standard InChI is InChI=1S/C19H18O3S/c20-18-10-12-22-19-9-8-15(14-17(18)19)21-11-4-5-13-23-16-6-2-1-3-7-16/h1-3,6-10,12,14H,4-5,11,13H2. The van der Waals surface area contributed by atoms with E-state index in [-0.39, 0.29) is 5.43 Å². The fourth-order valence-corrected chi connectivity index (χ4v) is 3.19. The van der Waals surface area contributed by atoms with Gasteiger partial charge in [0.05, 0.1) is 18.3 Å². The number of ether oxygens (including phenoxy) is 1. The van der Waals surface area contributed by atoms with E-state index in [1.807, 2.05) is 23.9 Å². The van der Waals surface area contributed by atoms with Gasteiger partial charge in [-0.1, -0.05) is 18.2 Å². The van der Waals surface area contributed by atoms with Crippen molar-refractivity contribution in [2.45, 2.75) is 17.7 Å². The summed E-state index contributed by atoms with van der Waals surface area (Å²) in [4.78, 5) is 13.1. The fraction of sp³-hybridized carbons (Fsp3) is 0.211. The van der Waals surface area contributed by atoms with E-state index in [0.29, 0.717) is 23.3 Å². The Bertz CT molecular complexity index is 811. The highest BCUT2D eigenvalue weighted by molar-refractivity contribution is 7.99. The predicted octanol–water partition coefficient (Wildman–Crippen LogP) is 4.74. The molecule has 2 aromatic carbocycles. The maximum atomic E-state index is 11.8. The minimum absolute atomic E-state index is 0.0454. The van der Waals surface area contributed by atoms with Crippen molar-refractivity contribution in [3.63, 3.8) is 0 Å². The van der Waals surface area contributed by atoms with E-state index in [9.17, 15) is 4.79 Å². The second-order valence-electron chi connectivity index (χ2n) is 5.16. The molecule has 3 rings (SSSR count). The van der Waals surface area contributed by atoms with Gasteiger partial charge in [-0.2, -0.15) is 0 Å². The van der Waals surface area contributed by atoms with Crippen LogP contribution in [0.2, 0.25) is 0 Å². The van der Waals surface area contributed by atoms with E-state index in [0.717, 1.165) is 18.6 Å². The van der Waals surface area contributed by atoms with E-state index >= 15 is 0 Å². The SMILES string of the molecule is O=c1ccoc2ccc(OCCCCSc3ccccc3)cc12. The van der Waals surface area contributed by atoms with Gasteiger partial charge in [0.2, 0.25) is 0 Å². The van der Waals surface area contributed by atoms with Crippen molar-refractivity contribution in [1.82, 2.24) is 0 Å². The number of benzene rings is 2. The molecule has 118 valence electrons. The Hall–Kier alpha value is -2.20. The molecule has 0 N–H and O–H groups in total. The highest BCUT2D eigenvalue weighted by Crippen LogP contribution is 2.20. The van der Waals surface area contributed by atoms with Gasteiger partial charge in [0.1, 0.15) is 11.3 Å². The van der Waals surface area contributed by atoms with Crippen molar-refractivity contribution in [1.29, 1.82) is 0 Å². The van der Waals surface area contributed by atoms with Crippen LogP contribution in [0.15, 0.2) is 75.0 Å². The summed E-state index contributed by atoms with van der Waals surface area (Å²) >= 11 is 1.86. The summed E-state index contributed by atoms with van der Waals surface area (Å²) in [6.07, 6.45) is 3.49. The first-order chi connectivity index (χ1) is 11.3. The molecule has 0 aliphatic heterocycles. The van der Waals surface area contributed by atoms with Crippen LogP contribution in [-0.2, 0) is 0 Å². The molecular weight excluding hydrogens is 308 g/mol. The summed E-state index contributed by atoms with van der Waals surface area (Å²) in [7, 11) is 0. The van der Waals surface area contributed by atoms with E-state index in [1.165, 1.54) is 17.2 Å². The minimum Gasteiger partial charge on any atom is -0.494 e. The Kier molecular flexibility index (Phi) is 5.37. The van der Waals surface area contributed by atoms with Crippen molar-refractivity contribution >= 4 is 22.7 Å². The van der Waals surface area contributed by atoms with E-state index in [4.69, 9.17) is 9.15 Å². The molecule has 0 radical (unpaired) electrons. The Morgan fingerprint density at radius 2 is 1.87 bits per heavy atom. The van der Waals surface area contributed by atoms with Crippen molar-refractivity contribution in [2.24, 2.45) is 0 Å². The zero-order valence-electron chi connectivity index (χ0n) is 12.7. The molecule has 0 fully saturated rings. The number of thioether (sulfide) groups is 1. The van der Waals surface area contributed by atoms with Crippen LogP contribution in [0.1, 0.15) is 12.8 Å². The van der Waals surface area contributed by atoms with Crippen LogP contribution < -0.4 is 10.2 Å². The fourth-order valence-electron chi connectivity index (χ4n) is 2.25. The van der Waals surface area contributed by atoms with Crippen LogP contribution in [-0.4, -0.2) is 12.4 Å². The lowest BCUT2D eigenvalue weighted by atomic mass is 10.2. The molecule has 23 heavy (non-hydrogen) atoms. The molecule has 3 nitrogen and oxygen atoms in total. The van der Waals surface area contributed by atoms with Gasteiger partial charge in [0, 0.05) is 11.0 Å². The minimum atomic E-state index is -0.0454. The monoisotopic (exact) mass is 326 g/mol. The van der Waals surface area contributed by atoms with E-state index in [1.54, 1.807) is 12.1 Å². The Morgan fingerprint density at radius 3 is 2.74 bits per heavy atom. The van der Waals surface area contributed by atoms with Gasteiger partial charge < -0.3 is 9.15 Å². The van der Waals surface area contributed by atoms with Crippen LogP contribution in [0.3, 0.4) is 0 Å². The summed E-state index contributed by atoms with van der Waals surface area (Å²) in [5.74, 6) is 1.79. The highest BCUT2D eigenvalue weighted by Gasteiger charge is 2.02. The first-order valence-electron chi connectivity index (χ1n) is 7.65. The predicted molar refractivity (Wildman–Crippen MR) is 94.4 cm³/mol. The second kappa shape index (κ2) is 7.88. The van der Waals surface area contributed by atoms with Gasteiger partial charge >= 0.3 is 0 Å². The van der Waals surface area contributed by atoms with Gasteiger partial charge in [-0.15, -0.1) is 11.8 Å². The molecule has 1 heterocycles. The van der Waals surface area contributed by atoms with Gasteiger partial charge in [-0.25, -0.2) is 0 Å². The van der Waals surface area contributed by atoms with Crippen LogP contribution in [0, 0.1) is 0 Å². The molecule has 0 aliphatic carbocycles. The zero-order valence-corrected chi connectivity index (χ0v) is 13.6. The smallest absolute Gasteiger partial charge is 0.192 e. The summed E-state index contributed by atoms with van der Waals surface area (Å²) in [5.41, 5.74) is 0.542. The van der Waals surface area contributed by atoms with Crippen molar-refractivity contribution < 1.29 is 9.15 Å². The number of fused-ring (bicyclic) bond motifs is 1. The number of unbranched alkanes of at least 4 members (excludes halogenated alkanes) is 1.